The molecule has 50 heavy (non-hydrogen) atoms. The molecular formula is C41H30F4IrN2OP-. The van der Waals surface area contributed by atoms with E-state index in [1.165, 1.54) is 16.2 Å². The average molecular weight is 866 g/mol. The molecule has 0 fully saturated rings. The molecule has 0 aliphatic carbocycles. The van der Waals surface area contributed by atoms with Crippen LogP contribution in [0.15, 0.2) is 152 Å². The van der Waals surface area contributed by atoms with Crippen molar-refractivity contribution in [2.24, 2.45) is 0 Å². The van der Waals surface area contributed by atoms with Crippen molar-refractivity contribution < 1.29 is 42.8 Å². The number of phenols is 1. The topological polar surface area (TPSA) is 46.0 Å². The van der Waals surface area contributed by atoms with Crippen molar-refractivity contribution in [2.75, 3.05) is 0 Å². The Balaban J connectivity index is 0.000000172. The quantitative estimate of drug-likeness (QED) is 0.107. The van der Waals surface area contributed by atoms with Gasteiger partial charge >= 0.3 is 0 Å². The number of aryl methyl sites for hydroxylation is 1. The molecule has 7 aromatic rings. The summed E-state index contributed by atoms with van der Waals surface area (Å²) in [5.41, 5.74) is 2.45. The van der Waals surface area contributed by atoms with Crippen LogP contribution in [0.3, 0.4) is 0 Å². The minimum atomic E-state index is -1.18. The van der Waals surface area contributed by atoms with Crippen LogP contribution in [-0.4, -0.2) is 15.1 Å². The Labute approximate surface area is 303 Å². The van der Waals surface area contributed by atoms with E-state index >= 15 is 0 Å². The molecule has 2 heterocycles. The molecule has 253 valence electrons. The maximum absolute atomic E-state index is 13.2. The number of hydrogen-bond donors (Lipinski definition) is 1. The maximum atomic E-state index is 13.2. The minimum Gasteiger partial charge on any atom is -0.504 e. The summed E-state index contributed by atoms with van der Waals surface area (Å²) in [5.74, 6) is -2.18. The molecule has 0 bridgehead atoms. The fourth-order valence-corrected chi connectivity index (χ4v) is 7.56. The predicted molar refractivity (Wildman–Crippen MR) is 190 cm³/mol. The van der Waals surface area contributed by atoms with Gasteiger partial charge in [-0.3, -0.25) is 17.6 Å². The summed E-state index contributed by atoms with van der Waals surface area (Å²) in [6, 6.07) is 45.9. The maximum Gasteiger partial charge on any atom is 0.158 e. The summed E-state index contributed by atoms with van der Waals surface area (Å²) in [6.45, 7) is 2.07. The van der Waals surface area contributed by atoms with Crippen molar-refractivity contribution in [1.29, 1.82) is 0 Å². The smallest absolute Gasteiger partial charge is 0.158 e. The molecule has 0 unspecified atom stereocenters. The van der Waals surface area contributed by atoms with Crippen LogP contribution < -0.4 is 15.9 Å². The fourth-order valence-electron chi connectivity index (χ4n) is 4.84. The number of phenolic OH excluding ortho intramolecular Hbond substituents is 1. The summed E-state index contributed by atoms with van der Waals surface area (Å²) in [5, 5.41) is 14.0. The zero-order chi connectivity index (χ0) is 34.6. The van der Waals surface area contributed by atoms with Crippen molar-refractivity contribution in [3.05, 3.63) is 193 Å². The van der Waals surface area contributed by atoms with Gasteiger partial charge < -0.3 is 15.1 Å². The van der Waals surface area contributed by atoms with Crippen LogP contribution in [0.1, 0.15) is 5.56 Å². The number of nitrogens with zero attached hydrogens (tertiary/aromatic N) is 2. The molecule has 0 aliphatic rings. The van der Waals surface area contributed by atoms with Gasteiger partial charge in [0.25, 0.3) is 0 Å². The van der Waals surface area contributed by atoms with Gasteiger partial charge in [-0.1, -0.05) is 90.0 Å². The Morgan fingerprint density at radius 3 is 1.40 bits per heavy atom. The first-order valence-corrected chi connectivity index (χ1v) is 16.6. The molecule has 0 spiro atoms. The summed E-state index contributed by atoms with van der Waals surface area (Å²) in [4.78, 5) is 7.89. The molecule has 0 atom stereocenters. The van der Waals surface area contributed by atoms with Crippen molar-refractivity contribution in [1.82, 2.24) is 9.97 Å². The fraction of sp³-hybridized carbons (Fsp3) is 0.0244. The first-order chi connectivity index (χ1) is 23.8. The Bertz CT molecular complexity index is 1970. The van der Waals surface area contributed by atoms with E-state index in [1.807, 2.05) is 18.2 Å². The number of rotatable bonds is 5. The van der Waals surface area contributed by atoms with Gasteiger partial charge in [-0.2, -0.15) is 0 Å². The molecule has 7 rings (SSSR count). The van der Waals surface area contributed by atoms with Crippen LogP contribution in [0.2, 0.25) is 0 Å². The van der Waals surface area contributed by atoms with Gasteiger partial charge in [0.2, 0.25) is 0 Å². The number of aromatic hydroxyl groups is 1. The second-order valence-corrected chi connectivity index (χ2v) is 13.1. The van der Waals surface area contributed by atoms with Crippen LogP contribution in [-0.2, 0) is 20.1 Å². The van der Waals surface area contributed by atoms with Gasteiger partial charge in [0.05, 0.1) is 0 Å². The summed E-state index contributed by atoms with van der Waals surface area (Å²) in [7, 11) is -1.18. The monoisotopic (exact) mass is 866 g/mol. The SMILES string of the molecule is Cc1ccc(O)c([PH+](c2ccccc2)c2ccccc2)c1.Fc1c[c-]c(-c2ccccn2)c(F)c1.Fc1c[c-]c(-c2ccccn2)c(F)c1.[Ir]. The van der Waals surface area contributed by atoms with Crippen LogP contribution in [0.5, 0.6) is 5.75 Å². The Morgan fingerprint density at radius 1 is 0.560 bits per heavy atom. The minimum absolute atomic E-state index is 0. The van der Waals surface area contributed by atoms with Crippen molar-refractivity contribution >= 4 is 23.8 Å². The van der Waals surface area contributed by atoms with Gasteiger partial charge in [-0.15, -0.1) is 24.3 Å². The third kappa shape index (κ3) is 10.3. The van der Waals surface area contributed by atoms with E-state index in [2.05, 4.69) is 83.6 Å². The van der Waals surface area contributed by atoms with Crippen molar-refractivity contribution in [2.45, 2.75) is 6.92 Å². The number of pyridine rings is 2. The Hall–Kier alpha value is -5.00. The zero-order valence-electron chi connectivity index (χ0n) is 26.6. The average Bonchev–Trinajstić information content (AvgIpc) is 3.12. The van der Waals surface area contributed by atoms with E-state index in [-0.39, 0.29) is 31.2 Å². The van der Waals surface area contributed by atoms with E-state index in [0.717, 1.165) is 29.6 Å². The Kier molecular flexibility index (Phi) is 14.1. The number of halogens is 4. The summed E-state index contributed by atoms with van der Waals surface area (Å²) >= 11 is 0. The molecule has 0 saturated heterocycles. The van der Waals surface area contributed by atoms with Gasteiger partial charge in [-0.25, -0.2) is 0 Å². The van der Waals surface area contributed by atoms with E-state index in [0.29, 0.717) is 17.1 Å². The number of benzene rings is 5. The molecule has 9 heteroatoms. The zero-order valence-corrected chi connectivity index (χ0v) is 30.0. The summed E-state index contributed by atoms with van der Waals surface area (Å²) < 4.78 is 51.6. The van der Waals surface area contributed by atoms with E-state index in [9.17, 15) is 22.7 Å². The van der Waals surface area contributed by atoms with E-state index in [4.69, 9.17) is 0 Å². The van der Waals surface area contributed by atoms with Gasteiger partial charge in [0.15, 0.2) is 5.75 Å². The van der Waals surface area contributed by atoms with Gasteiger partial charge in [0, 0.05) is 55.8 Å². The predicted octanol–water partition coefficient (Wildman–Crippen LogP) is 8.84. The van der Waals surface area contributed by atoms with Crippen molar-refractivity contribution in [3.8, 4) is 28.3 Å². The molecule has 1 N–H and O–H groups in total. The third-order valence-corrected chi connectivity index (χ3v) is 9.86. The van der Waals surface area contributed by atoms with Crippen LogP contribution in [0.25, 0.3) is 22.5 Å². The standard InChI is InChI=1S/C19H17OP.2C11H6F2N.Ir/c1-15-12-13-18(20)19(14-15)21(16-8-4-2-5-9-16)17-10-6-3-7-11-17;2*12-8-4-5-9(10(13)7-8)11-3-1-2-6-14-11;/h2-14,20H,1H3;2*1-4,6-7H;/q;2*-1;/p+1. The number of hydrogen-bond acceptors (Lipinski definition) is 3. The van der Waals surface area contributed by atoms with Crippen molar-refractivity contribution in [3.63, 3.8) is 0 Å². The summed E-state index contributed by atoms with van der Waals surface area (Å²) in [6.07, 6.45) is 3.10. The molecule has 1 radical (unpaired) electrons. The third-order valence-electron chi connectivity index (χ3n) is 7.10. The second-order valence-electron chi connectivity index (χ2n) is 10.6. The normalized spacial score (nSPS) is 10.2. The van der Waals surface area contributed by atoms with Crippen LogP contribution in [0, 0.1) is 42.3 Å². The molecule has 2 aromatic heterocycles. The molecule has 0 amide bonds. The molecule has 0 saturated carbocycles. The molecule has 0 aliphatic heterocycles. The molecule has 3 nitrogen and oxygen atoms in total. The first-order valence-electron chi connectivity index (χ1n) is 15.1. The van der Waals surface area contributed by atoms with E-state index < -0.39 is 31.2 Å². The van der Waals surface area contributed by atoms with Gasteiger partial charge in [-0.05, 0) is 72.4 Å². The van der Waals surface area contributed by atoms with Crippen LogP contribution in [0.4, 0.5) is 17.6 Å². The van der Waals surface area contributed by atoms with E-state index in [1.54, 1.807) is 54.9 Å². The Morgan fingerprint density at radius 2 is 1.00 bits per heavy atom. The second kappa shape index (κ2) is 18.7. The first kappa shape index (κ1) is 37.8. The molecular weight excluding hydrogens is 836 g/mol. The van der Waals surface area contributed by atoms with Crippen LogP contribution >= 0.6 is 7.92 Å². The van der Waals surface area contributed by atoms with Gasteiger partial charge in [0.1, 0.15) is 23.8 Å². The number of aromatic nitrogens is 2. The largest absolute Gasteiger partial charge is 0.504 e. The molecule has 5 aromatic carbocycles.